The summed E-state index contributed by atoms with van der Waals surface area (Å²) in [5, 5.41) is 11.7. The normalized spacial score (nSPS) is 15.8. The third-order valence-corrected chi connectivity index (χ3v) is 7.44. The monoisotopic (exact) mass is 579 g/mol. The Morgan fingerprint density at radius 2 is 1.44 bits per heavy atom. The molecule has 43 heavy (non-hydrogen) atoms. The number of methoxy groups -OCH3 is 3. The number of rotatable bonds is 9. The summed E-state index contributed by atoms with van der Waals surface area (Å²) in [5.41, 5.74) is 4.10. The highest BCUT2D eigenvalue weighted by molar-refractivity contribution is 6.51. The number of aryl methyl sites for hydroxylation is 2. The van der Waals surface area contributed by atoms with Crippen LogP contribution in [0.1, 0.15) is 33.9 Å². The summed E-state index contributed by atoms with van der Waals surface area (Å²) in [6.07, 6.45) is 0. The van der Waals surface area contributed by atoms with Gasteiger partial charge in [0.2, 0.25) is 5.75 Å². The molecule has 8 heteroatoms. The van der Waals surface area contributed by atoms with E-state index in [-0.39, 0.29) is 11.3 Å². The molecule has 220 valence electrons. The van der Waals surface area contributed by atoms with E-state index >= 15 is 0 Å². The van der Waals surface area contributed by atoms with Gasteiger partial charge >= 0.3 is 0 Å². The van der Waals surface area contributed by atoms with Crippen LogP contribution in [0.25, 0.3) is 5.76 Å². The first-order valence-electron chi connectivity index (χ1n) is 13.7. The number of hydrogen-bond donors (Lipinski definition) is 1. The highest BCUT2D eigenvalue weighted by Crippen LogP contribution is 2.47. The molecule has 1 fully saturated rings. The minimum Gasteiger partial charge on any atom is -0.507 e. The van der Waals surface area contributed by atoms with Crippen LogP contribution in [0.15, 0.2) is 90.5 Å². The summed E-state index contributed by atoms with van der Waals surface area (Å²) < 4.78 is 22.6. The fourth-order valence-corrected chi connectivity index (χ4v) is 5.23. The molecule has 0 radical (unpaired) electrons. The molecule has 0 aliphatic carbocycles. The maximum Gasteiger partial charge on any atom is 0.300 e. The molecule has 4 aromatic carbocycles. The number of aliphatic hydroxyl groups is 1. The van der Waals surface area contributed by atoms with Gasteiger partial charge in [-0.3, -0.25) is 14.5 Å². The van der Waals surface area contributed by atoms with Crippen molar-refractivity contribution in [2.75, 3.05) is 26.2 Å². The Balaban J connectivity index is 1.63. The number of benzene rings is 4. The number of Topliss-reactive ketones (excluding diaryl/α,β-unsaturated/α-hetero) is 1. The minimum atomic E-state index is -0.981. The van der Waals surface area contributed by atoms with Crippen molar-refractivity contribution in [3.05, 3.63) is 118 Å². The van der Waals surface area contributed by atoms with E-state index in [0.29, 0.717) is 46.4 Å². The molecule has 1 aliphatic heterocycles. The number of amides is 1. The van der Waals surface area contributed by atoms with E-state index in [1.807, 2.05) is 56.3 Å². The highest BCUT2D eigenvalue weighted by atomic mass is 16.5. The fraction of sp³-hybridized carbons (Fsp3) is 0.200. The standard InChI is InChI=1S/C35H33NO7/c1-21-11-14-26(15-12-21)36-31(25-18-28(40-3)34(42-5)29(19-25)41-4)30(33(38)35(36)39)32(37)24-13-16-27(22(2)17-24)43-20-23-9-7-6-8-10-23/h6-19,31,37H,20H2,1-5H3/b32-30+. The molecule has 1 N–H and O–H groups in total. The minimum absolute atomic E-state index is 0.0581. The van der Waals surface area contributed by atoms with Gasteiger partial charge in [0.15, 0.2) is 11.5 Å². The molecule has 5 rings (SSSR count). The fourth-order valence-electron chi connectivity index (χ4n) is 5.23. The summed E-state index contributed by atoms with van der Waals surface area (Å²) in [5.74, 6) is -0.166. The zero-order valence-electron chi connectivity index (χ0n) is 24.7. The van der Waals surface area contributed by atoms with E-state index in [2.05, 4.69) is 0 Å². The second-order valence-electron chi connectivity index (χ2n) is 10.2. The van der Waals surface area contributed by atoms with E-state index < -0.39 is 17.7 Å². The molecule has 8 nitrogen and oxygen atoms in total. The van der Waals surface area contributed by atoms with E-state index in [1.165, 1.54) is 26.2 Å². The van der Waals surface area contributed by atoms with Crippen LogP contribution in [0.2, 0.25) is 0 Å². The average Bonchev–Trinajstić information content (AvgIpc) is 3.29. The Morgan fingerprint density at radius 3 is 2.02 bits per heavy atom. The van der Waals surface area contributed by atoms with Crippen LogP contribution in [0.4, 0.5) is 5.69 Å². The lowest BCUT2D eigenvalue weighted by Crippen LogP contribution is -2.29. The highest BCUT2D eigenvalue weighted by Gasteiger charge is 2.47. The molecule has 0 aromatic heterocycles. The summed E-state index contributed by atoms with van der Waals surface area (Å²) in [6, 6.07) is 24.6. The van der Waals surface area contributed by atoms with Gasteiger partial charge in [-0.05, 0) is 73.0 Å². The van der Waals surface area contributed by atoms with Crippen molar-refractivity contribution < 1.29 is 33.6 Å². The van der Waals surface area contributed by atoms with Crippen LogP contribution >= 0.6 is 0 Å². The van der Waals surface area contributed by atoms with Crippen LogP contribution in [-0.2, 0) is 16.2 Å². The van der Waals surface area contributed by atoms with Crippen LogP contribution in [0.5, 0.6) is 23.0 Å². The molecular weight excluding hydrogens is 546 g/mol. The van der Waals surface area contributed by atoms with Gasteiger partial charge in [-0.2, -0.15) is 0 Å². The van der Waals surface area contributed by atoms with Crippen molar-refractivity contribution in [2.24, 2.45) is 0 Å². The molecule has 1 heterocycles. The summed E-state index contributed by atoms with van der Waals surface area (Å²) in [7, 11) is 4.47. The first-order chi connectivity index (χ1) is 20.8. The van der Waals surface area contributed by atoms with Gasteiger partial charge in [0, 0.05) is 11.3 Å². The smallest absolute Gasteiger partial charge is 0.300 e. The Bertz CT molecular complexity index is 1670. The van der Waals surface area contributed by atoms with E-state index in [4.69, 9.17) is 18.9 Å². The number of aliphatic hydroxyl groups excluding tert-OH is 1. The molecule has 1 amide bonds. The van der Waals surface area contributed by atoms with Crippen LogP contribution in [0, 0.1) is 13.8 Å². The average molecular weight is 580 g/mol. The largest absolute Gasteiger partial charge is 0.507 e. The van der Waals surface area contributed by atoms with Gasteiger partial charge < -0.3 is 24.1 Å². The predicted molar refractivity (Wildman–Crippen MR) is 164 cm³/mol. The van der Waals surface area contributed by atoms with Crippen molar-refractivity contribution in [1.82, 2.24) is 0 Å². The maximum atomic E-state index is 13.7. The third kappa shape index (κ3) is 5.64. The Morgan fingerprint density at radius 1 is 0.791 bits per heavy atom. The Kier molecular flexibility index (Phi) is 8.39. The zero-order chi connectivity index (χ0) is 30.7. The number of ether oxygens (including phenoxy) is 4. The molecule has 1 saturated heterocycles. The lowest BCUT2D eigenvalue weighted by Gasteiger charge is -2.26. The molecule has 0 saturated carbocycles. The number of carbonyl (C=O) groups is 2. The zero-order valence-corrected chi connectivity index (χ0v) is 24.7. The Hall–Kier alpha value is -5.24. The van der Waals surface area contributed by atoms with Gasteiger partial charge in [0.25, 0.3) is 11.7 Å². The van der Waals surface area contributed by atoms with E-state index in [0.717, 1.165) is 16.7 Å². The molecule has 1 unspecified atom stereocenters. The quantitative estimate of drug-likeness (QED) is 0.137. The van der Waals surface area contributed by atoms with Crippen molar-refractivity contribution in [3.8, 4) is 23.0 Å². The summed E-state index contributed by atoms with van der Waals surface area (Å²) in [6.45, 7) is 4.18. The first-order valence-corrected chi connectivity index (χ1v) is 13.7. The van der Waals surface area contributed by atoms with Gasteiger partial charge in [0.05, 0.1) is 32.9 Å². The van der Waals surface area contributed by atoms with Crippen LogP contribution in [-0.4, -0.2) is 38.1 Å². The van der Waals surface area contributed by atoms with Crippen molar-refractivity contribution >= 4 is 23.1 Å². The molecule has 0 spiro atoms. The van der Waals surface area contributed by atoms with Crippen molar-refractivity contribution in [3.63, 3.8) is 0 Å². The number of nitrogens with zero attached hydrogens (tertiary/aromatic N) is 1. The SMILES string of the molecule is COc1cc(C2/C(=C(\O)c3ccc(OCc4ccccc4)c(C)c3)C(=O)C(=O)N2c2ccc(C)cc2)cc(OC)c1OC. The van der Waals surface area contributed by atoms with Gasteiger partial charge in [-0.1, -0.05) is 48.0 Å². The van der Waals surface area contributed by atoms with Gasteiger partial charge in [-0.15, -0.1) is 0 Å². The van der Waals surface area contributed by atoms with E-state index in [9.17, 15) is 14.7 Å². The molecule has 0 bridgehead atoms. The summed E-state index contributed by atoms with van der Waals surface area (Å²) >= 11 is 0. The number of hydrogen-bond acceptors (Lipinski definition) is 7. The maximum absolute atomic E-state index is 13.7. The molecule has 1 aliphatic rings. The second-order valence-corrected chi connectivity index (χ2v) is 10.2. The Labute approximate surface area is 250 Å². The number of carbonyl (C=O) groups excluding carboxylic acids is 2. The van der Waals surface area contributed by atoms with Crippen LogP contribution in [0.3, 0.4) is 0 Å². The lowest BCUT2D eigenvalue weighted by molar-refractivity contribution is -0.132. The number of anilines is 1. The van der Waals surface area contributed by atoms with E-state index in [1.54, 1.807) is 42.5 Å². The van der Waals surface area contributed by atoms with Crippen LogP contribution < -0.4 is 23.8 Å². The predicted octanol–water partition coefficient (Wildman–Crippen LogP) is 6.53. The van der Waals surface area contributed by atoms with Gasteiger partial charge in [0.1, 0.15) is 18.1 Å². The second kappa shape index (κ2) is 12.3. The van der Waals surface area contributed by atoms with Crippen molar-refractivity contribution in [1.29, 1.82) is 0 Å². The summed E-state index contributed by atoms with van der Waals surface area (Å²) in [4.78, 5) is 28.7. The molecule has 1 atom stereocenters. The third-order valence-electron chi connectivity index (χ3n) is 7.44. The van der Waals surface area contributed by atoms with Gasteiger partial charge in [-0.25, -0.2) is 0 Å². The van der Waals surface area contributed by atoms with Crippen molar-refractivity contribution in [2.45, 2.75) is 26.5 Å². The topological polar surface area (TPSA) is 94.5 Å². The lowest BCUT2D eigenvalue weighted by atomic mass is 9.94. The molecular formula is C35H33NO7. The number of ketones is 1. The molecule has 4 aromatic rings. The first kappa shape index (κ1) is 29.3.